The second-order valence-electron chi connectivity index (χ2n) is 3.31. The van der Waals surface area contributed by atoms with Crippen LogP contribution in [-0.2, 0) is 15.0 Å². The Morgan fingerprint density at radius 1 is 1.33 bits per heavy atom. The van der Waals surface area contributed by atoms with Crippen molar-refractivity contribution in [3.8, 4) is 5.75 Å². The highest BCUT2D eigenvalue weighted by Crippen LogP contribution is 2.16. The number of benzene rings is 1. The number of rotatable bonds is 7. The number of carboxylic acid groups (broad SMARTS) is 1. The molecular weight excluding hydrogens is 260 g/mol. The first-order chi connectivity index (χ1) is 8.43. The van der Waals surface area contributed by atoms with Crippen LogP contribution in [0.5, 0.6) is 5.75 Å². The first kappa shape index (κ1) is 14.3. The molecule has 0 saturated heterocycles. The fraction of sp³-hybridized carbons (Fsp3) is 0.300. The van der Waals surface area contributed by atoms with Crippen molar-refractivity contribution in [2.24, 2.45) is 0 Å². The maximum atomic E-state index is 11.4. The van der Waals surface area contributed by atoms with Gasteiger partial charge in [-0.05, 0) is 24.3 Å². The summed E-state index contributed by atoms with van der Waals surface area (Å²) in [5, 5.41) is 8.42. The largest absolute Gasteiger partial charge is 0.482 e. The molecule has 0 heterocycles. The molecule has 1 aromatic carbocycles. The summed E-state index contributed by atoms with van der Waals surface area (Å²) >= 11 is 0. The van der Waals surface area contributed by atoms with Crippen LogP contribution in [0.4, 0.5) is 5.69 Å². The molecule has 0 fully saturated rings. The van der Waals surface area contributed by atoms with E-state index in [0.29, 0.717) is 11.4 Å². The summed E-state index contributed by atoms with van der Waals surface area (Å²) in [6.45, 7) is 1.51. The van der Waals surface area contributed by atoms with Gasteiger partial charge in [-0.3, -0.25) is 4.72 Å². The average molecular weight is 274 g/mol. The minimum atomic E-state index is -3.56. The summed E-state index contributed by atoms with van der Waals surface area (Å²) in [6, 6.07) is 5.91. The van der Waals surface area contributed by atoms with E-state index < -0.39 is 22.8 Å². The summed E-state index contributed by atoms with van der Waals surface area (Å²) < 4.78 is 32.2. The fourth-order valence-electron chi connectivity index (χ4n) is 1.15. The molecule has 0 aliphatic carbocycles. The van der Waals surface area contributed by atoms with Gasteiger partial charge in [-0.1, -0.05) is 6.92 Å². The summed E-state index contributed by atoms with van der Waals surface area (Å²) in [5.74, 6) is -0.726. The van der Waals surface area contributed by atoms with Gasteiger partial charge in [0.25, 0.3) is 10.2 Å². The molecule has 0 aliphatic heterocycles. The summed E-state index contributed by atoms with van der Waals surface area (Å²) in [6.07, 6.45) is 0. The minimum Gasteiger partial charge on any atom is -0.482 e. The van der Waals surface area contributed by atoms with Gasteiger partial charge in [0.2, 0.25) is 0 Å². The molecule has 0 radical (unpaired) electrons. The van der Waals surface area contributed by atoms with E-state index in [-0.39, 0.29) is 6.54 Å². The van der Waals surface area contributed by atoms with Crippen LogP contribution in [0.3, 0.4) is 0 Å². The molecule has 7 nitrogen and oxygen atoms in total. The van der Waals surface area contributed by atoms with Crippen molar-refractivity contribution in [3.63, 3.8) is 0 Å². The summed E-state index contributed by atoms with van der Waals surface area (Å²) in [7, 11) is -3.56. The molecule has 18 heavy (non-hydrogen) atoms. The van der Waals surface area contributed by atoms with Crippen molar-refractivity contribution in [3.05, 3.63) is 24.3 Å². The third-order valence-corrected chi connectivity index (χ3v) is 2.98. The predicted molar refractivity (Wildman–Crippen MR) is 65.8 cm³/mol. The van der Waals surface area contributed by atoms with Crippen LogP contribution in [0.15, 0.2) is 24.3 Å². The Bertz CT molecular complexity index is 498. The van der Waals surface area contributed by atoms with Gasteiger partial charge in [-0.25, -0.2) is 4.79 Å². The third kappa shape index (κ3) is 5.02. The lowest BCUT2D eigenvalue weighted by molar-refractivity contribution is -0.139. The highest BCUT2D eigenvalue weighted by atomic mass is 32.2. The van der Waals surface area contributed by atoms with E-state index in [1.165, 1.54) is 24.3 Å². The SMILES string of the molecule is CCNS(=O)(=O)Nc1ccc(OCC(=O)O)cc1. The van der Waals surface area contributed by atoms with Crippen LogP contribution in [-0.4, -0.2) is 32.6 Å². The molecule has 1 rings (SSSR count). The van der Waals surface area contributed by atoms with E-state index in [4.69, 9.17) is 9.84 Å². The zero-order valence-electron chi connectivity index (χ0n) is 9.71. The normalized spacial score (nSPS) is 10.9. The average Bonchev–Trinajstić information content (AvgIpc) is 2.27. The van der Waals surface area contributed by atoms with Crippen LogP contribution in [0.1, 0.15) is 6.92 Å². The Labute approximate surface area is 105 Å². The molecular formula is C10H14N2O5S. The lowest BCUT2D eigenvalue weighted by atomic mass is 10.3. The highest BCUT2D eigenvalue weighted by molar-refractivity contribution is 7.90. The molecule has 0 saturated carbocycles. The standard InChI is InChI=1S/C10H14N2O5S/c1-2-11-18(15,16)12-8-3-5-9(6-4-8)17-7-10(13)14/h3-6,11-12H,2,7H2,1H3,(H,13,14). The monoisotopic (exact) mass is 274 g/mol. The Morgan fingerprint density at radius 2 is 1.94 bits per heavy atom. The molecule has 0 atom stereocenters. The number of carboxylic acids is 1. The van der Waals surface area contributed by atoms with Crippen molar-refractivity contribution >= 4 is 21.9 Å². The van der Waals surface area contributed by atoms with Crippen LogP contribution in [0, 0.1) is 0 Å². The van der Waals surface area contributed by atoms with Gasteiger partial charge in [-0.15, -0.1) is 0 Å². The molecule has 0 unspecified atom stereocenters. The first-order valence-electron chi connectivity index (χ1n) is 5.15. The van der Waals surface area contributed by atoms with Crippen molar-refractivity contribution < 1.29 is 23.1 Å². The number of anilines is 1. The van der Waals surface area contributed by atoms with Crippen LogP contribution in [0.25, 0.3) is 0 Å². The number of nitrogens with one attached hydrogen (secondary N) is 2. The number of hydrogen-bond donors (Lipinski definition) is 3. The number of ether oxygens (including phenoxy) is 1. The molecule has 0 bridgehead atoms. The first-order valence-corrected chi connectivity index (χ1v) is 6.63. The van der Waals surface area contributed by atoms with Crippen LogP contribution < -0.4 is 14.2 Å². The van der Waals surface area contributed by atoms with E-state index in [1.807, 2.05) is 0 Å². The Morgan fingerprint density at radius 3 is 2.44 bits per heavy atom. The fourth-order valence-corrected chi connectivity index (χ4v) is 2.04. The molecule has 0 spiro atoms. The van der Waals surface area contributed by atoms with Gasteiger partial charge in [0.1, 0.15) is 5.75 Å². The molecule has 1 aromatic rings. The zero-order valence-corrected chi connectivity index (χ0v) is 10.5. The molecule has 0 aromatic heterocycles. The topological polar surface area (TPSA) is 105 Å². The zero-order chi connectivity index (χ0) is 13.6. The lowest BCUT2D eigenvalue weighted by Gasteiger charge is -2.08. The number of aliphatic carboxylic acids is 1. The van der Waals surface area contributed by atoms with Gasteiger partial charge in [-0.2, -0.15) is 13.1 Å². The molecule has 0 aliphatic rings. The van der Waals surface area contributed by atoms with E-state index in [9.17, 15) is 13.2 Å². The van der Waals surface area contributed by atoms with E-state index in [1.54, 1.807) is 6.92 Å². The van der Waals surface area contributed by atoms with Gasteiger partial charge in [0, 0.05) is 12.2 Å². The third-order valence-electron chi connectivity index (χ3n) is 1.80. The minimum absolute atomic E-state index is 0.287. The van der Waals surface area contributed by atoms with Gasteiger partial charge in [0.15, 0.2) is 6.61 Å². The number of carbonyl (C=O) groups is 1. The van der Waals surface area contributed by atoms with Gasteiger partial charge >= 0.3 is 5.97 Å². The smallest absolute Gasteiger partial charge is 0.341 e. The van der Waals surface area contributed by atoms with Crippen molar-refractivity contribution in [1.82, 2.24) is 4.72 Å². The summed E-state index contributed by atoms with van der Waals surface area (Å²) in [5.41, 5.74) is 0.360. The highest BCUT2D eigenvalue weighted by Gasteiger charge is 2.07. The van der Waals surface area contributed by atoms with E-state index in [2.05, 4.69) is 9.44 Å². The van der Waals surface area contributed by atoms with Crippen molar-refractivity contribution in [2.45, 2.75) is 6.92 Å². The van der Waals surface area contributed by atoms with Crippen LogP contribution in [0.2, 0.25) is 0 Å². The summed E-state index contributed by atoms with van der Waals surface area (Å²) in [4.78, 5) is 10.3. The van der Waals surface area contributed by atoms with Crippen LogP contribution >= 0.6 is 0 Å². The second-order valence-corrected chi connectivity index (χ2v) is 4.81. The predicted octanol–water partition coefficient (Wildman–Crippen LogP) is 0.416. The molecule has 100 valence electrons. The maximum absolute atomic E-state index is 11.4. The molecule has 0 amide bonds. The number of hydrogen-bond acceptors (Lipinski definition) is 4. The molecule has 8 heteroatoms. The maximum Gasteiger partial charge on any atom is 0.341 e. The lowest BCUT2D eigenvalue weighted by Crippen LogP contribution is -2.29. The van der Waals surface area contributed by atoms with E-state index >= 15 is 0 Å². The van der Waals surface area contributed by atoms with E-state index in [0.717, 1.165) is 0 Å². The quantitative estimate of drug-likeness (QED) is 0.668. The Hall–Kier alpha value is -1.80. The van der Waals surface area contributed by atoms with Crippen molar-refractivity contribution in [2.75, 3.05) is 17.9 Å². The second kappa shape index (κ2) is 6.22. The molecule has 3 N–H and O–H groups in total. The Balaban J connectivity index is 2.63. The Kier molecular flexibility index (Phi) is 4.93. The van der Waals surface area contributed by atoms with Crippen molar-refractivity contribution in [1.29, 1.82) is 0 Å². The van der Waals surface area contributed by atoms with Gasteiger partial charge < -0.3 is 9.84 Å². The van der Waals surface area contributed by atoms with Gasteiger partial charge in [0.05, 0.1) is 0 Å².